The molecule has 2 aromatic carbocycles. The highest BCUT2D eigenvalue weighted by molar-refractivity contribution is 5.97. The third-order valence-corrected chi connectivity index (χ3v) is 3.46. The number of nitro benzene ring substituents is 2. The number of nitro groups is 2. The average Bonchev–Trinajstić information content (AvgIpc) is 2.64. The van der Waals surface area contributed by atoms with Gasteiger partial charge in [0.05, 0.1) is 22.5 Å². The van der Waals surface area contributed by atoms with Crippen molar-refractivity contribution in [1.82, 2.24) is 5.32 Å². The summed E-state index contributed by atoms with van der Waals surface area (Å²) in [5.74, 6) is -0.271. The second-order valence-corrected chi connectivity index (χ2v) is 5.13. The second-order valence-electron chi connectivity index (χ2n) is 5.13. The summed E-state index contributed by atoms with van der Waals surface area (Å²) in [6.45, 7) is 0.600. The molecule has 0 aromatic heterocycles. The Bertz CT molecular complexity index is 822. The molecule has 0 spiro atoms. The Morgan fingerprint density at radius 3 is 2.19 bits per heavy atom. The van der Waals surface area contributed by atoms with Crippen molar-refractivity contribution in [2.45, 2.75) is 0 Å². The molecule has 0 saturated carbocycles. The van der Waals surface area contributed by atoms with Crippen LogP contribution in [0.5, 0.6) is 5.75 Å². The third-order valence-electron chi connectivity index (χ3n) is 3.46. The van der Waals surface area contributed by atoms with Crippen LogP contribution in [-0.2, 0) is 0 Å². The number of rotatable bonds is 8. The topological polar surface area (TPSA) is 137 Å². The number of ether oxygens (including phenoxy) is 1. The van der Waals surface area contributed by atoms with Gasteiger partial charge in [0.1, 0.15) is 5.75 Å². The number of nitrogens with zero attached hydrogens (tertiary/aromatic N) is 2. The number of carbonyl (C=O) groups is 1. The van der Waals surface area contributed by atoms with Gasteiger partial charge in [-0.1, -0.05) is 0 Å². The van der Waals surface area contributed by atoms with E-state index in [1.165, 1.54) is 31.4 Å². The monoisotopic (exact) mass is 360 g/mol. The number of carbonyl (C=O) groups excluding carboxylic acids is 1. The van der Waals surface area contributed by atoms with E-state index in [0.717, 1.165) is 6.07 Å². The van der Waals surface area contributed by atoms with Gasteiger partial charge in [-0.25, -0.2) is 0 Å². The van der Waals surface area contributed by atoms with Crippen molar-refractivity contribution in [2.75, 3.05) is 25.5 Å². The molecule has 2 rings (SSSR count). The number of hydrogen-bond donors (Lipinski definition) is 2. The van der Waals surface area contributed by atoms with Crippen molar-refractivity contribution < 1.29 is 19.4 Å². The number of non-ortho nitro benzene ring substituents is 2. The summed E-state index contributed by atoms with van der Waals surface area (Å²) in [6.07, 6.45) is 0. The molecule has 0 aliphatic rings. The molecule has 2 aromatic rings. The third kappa shape index (κ3) is 4.66. The Morgan fingerprint density at radius 1 is 1.00 bits per heavy atom. The molecule has 0 aliphatic heterocycles. The van der Waals surface area contributed by atoms with Gasteiger partial charge in [-0.05, 0) is 18.2 Å². The largest absolute Gasteiger partial charge is 0.496 e. The van der Waals surface area contributed by atoms with Crippen molar-refractivity contribution in [3.8, 4) is 5.75 Å². The van der Waals surface area contributed by atoms with Gasteiger partial charge in [-0.3, -0.25) is 25.0 Å². The zero-order valence-corrected chi connectivity index (χ0v) is 13.8. The Hall–Kier alpha value is -3.69. The van der Waals surface area contributed by atoms with Crippen molar-refractivity contribution in [3.63, 3.8) is 0 Å². The van der Waals surface area contributed by atoms with Crippen molar-refractivity contribution in [3.05, 3.63) is 68.3 Å². The van der Waals surface area contributed by atoms with Gasteiger partial charge in [0.15, 0.2) is 0 Å². The number of benzene rings is 2. The summed E-state index contributed by atoms with van der Waals surface area (Å²) in [4.78, 5) is 32.6. The van der Waals surface area contributed by atoms with Gasteiger partial charge in [-0.15, -0.1) is 0 Å². The van der Waals surface area contributed by atoms with Crippen molar-refractivity contribution in [2.24, 2.45) is 0 Å². The number of hydrogen-bond acceptors (Lipinski definition) is 7. The summed E-state index contributed by atoms with van der Waals surface area (Å²) in [5, 5.41) is 27.1. The normalized spacial score (nSPS) is 10.0. The Labute approximate surface area is 148 Å². The fourth-order valence-corrected chi connectivity index (χ4v) is 2.17. The minimum Gasteiger partial charge on any atom is -0.496 e. The van der Waals surface area contributed by atoms with Crippen LogP contribution in [0, 0.1) is 20.2 Å². The Balaban J connectivity index is 1.91. The van der Waals surface area contributed by atoms with Crippen LogP contribution in [0.4, 0.5) is 17.1 Å². The maximum atomic E-state index is 12.2. The lowest BCUT2D eigenvalue weighted by atomic mass is 10.1. The van der Waals surface area contributed by atoms with Crippen LogP contribution in [0.2, 0.25) is 0 Å². The molecule has 10 nitrogen and oxygen atoms in total. The number of anilines is 1. The summed E-state index contributed by atoms with van der Waals surface area (Å²) in [5.41, 5.74) is 0.511. The highest BCUT2D eigenvalue weighted by Gasteiger charge is 2.17. The van der Waals surface area contributed by atoms with E-state index in [9.17, 15) is 25.0 Å². The number of amides is 1. The van der Waals surface area contributed by atoms with Crippen molar-refractivity contribution >= 4 is 23.0 Å². The van der Waals surface area contributed by atoms with E-state index in [4.69, 9.17) is 4.74 Å². The first-order valence-electron chi connectivity index (χ1n) is 7.51. The van der Waals surface area contributed by atoms with E-state index in [1.54, 1.807) is 12.1 Å². The molecule has 26 heavy (non-hydrogen) atoms. The highest BCUT2D eigenvalue weighted by atomic mass is 16.6. The fourth-order valence-electron chi connectivity index (χ4n) is 2.17. The smallest absolute Gasteiger partial charge is 0.270 e. The molecule has 2 N–H and O–H groups in total. The van der Waals surface area contributed by atoms with Crippen LogP contribution < -0.4 is 15.4 Å². The van der Waals surface area contributed by atoms with E-state index < -0.39 is 15.8 Å². The lowest BCUT2D eigenvalue weighted by Crippen LogP contribution is -2.29. The first-order chi connectivity index (χ1) is 12.4. The van der Waals surface area contributed by atoms with E-state index in [0.29, 0.717) is 12.2 Å². The first kappa shape index (κ1) is 18.6. The van der Waals surface area contributed by atoms with E-state index >= 15 is 0 Å². The van der Waals surface area contributed by atoms with Crippen LogP contribution in [0.3, 0.4) is 0 Å². The molecular weight excluding hydrogens is 344 g/mol. The molecule has 0 bridgehead atoms. The number of nitrogens with one attached hydrogen (secondary N) is 2. The molecule has 0 atom stereocenters. The Morgan fingerprint density at radius 2 is 1.62 bits per heavy atom. The molecule has 0 heterocycles. The lowest BCUT2D eigenvalue weighted by Gasteiger charge is -2.10. The molecule has 1 amide bonds. The molecule has 0 fully saturated rings. The van der Waals surface area contributed by atoms with E-state index in [-0.39, 0.29) is 29.2 Å². The van der Waals surface area contributed by atoms with Crippen molar-refractivity contribution in [1.29, 1.82) is 0 Å². The molecule has 10 heteroatoms. The zero-order chi connectivity index (χ0) is 19.1. The molecule has 136 valence electrons. The summed E-state index contributed by atoms with van der Waals surface area (Å²) in [7, 11) is 1.37. The van der Waals surface area contributed by atoms with E-state index in [2.05, 4.69) is 10.6 Å². The maximum absolute atomic E-state index is 12.2. The minimum absolute atomic E-state index is 0.0124. The van der Waals surface area contributed by atoms with Crippen LogP contribution in [0.15, 0.2) is 42.5 Å². The SMILES string of the molecule is COc1ccc([N+](=O)[O-])cc1C(=O)NCCNc1ccc([N+](=O)[O-])cc1. The fraction of sp³-hybridized carbons (Fsp3) is 0.188. The molecule has 0 saturated heterocycles. The van der Waals surface area contributed by atoms with Crippen LogP contribution in [0.1, 0.15) is 10.4 Å². The average molecular weight is 360 g/mol. The highest BCUT2D eigenvalue weighted by Crippen LogP contribution is 2.23. The van der Waals surface area contributed by atoms with Crippen LogP contribution >= 0.6 is 0 Å². The summed E-state index contributed by atoms with van der Waals surface area (Å²) in [6, 6.07) is 9.63. The predicted molar refractivity (Wildman–Crippen MR) is 93.6 cm³/mol. The van der Waals surface area contributed by atoms with Crippen LogP contribution in [0.25, 0.3) is 0 Å². The molecule has 0 aliphatic carbocycles. The minimum atomic E-state index is -0.591. The predicted octanol–water partition coefficient (Wildman–Crippen LogP) is 2.35. The lowest BCUT2D eigenvalue weighted by molar-refractivity contribution is -0.385. The number of methoxy groups -OCH3 is 1. The molecule has 0 unspecified atom stereocenters. The molecular formula is C16H16N4O6. The van der Waals surface area contributed by atoms with E-state index in [1.807, 2.05) is 0 Å². The van der Waals surface area contributed by atoms with Gasteiger partial charge in [0.2, 0.25) is 0 Å². The maximum Gasteiger partial charge on any atom is 0.270 e. The molecule has 0 radical (unpaired) electrons. The standard InChI is InChI=1S/C16H16N4O6/c1-26-15-7-6-13(20(24)25)10-14(15)16(21)18-9-8-17-11-2-4-12(5-3-11)19(22)23/h2-7,10,17H,8-9H2,1H3,(H,18,21). The van der Waals surface area contributed by atoms with Gasteiger partial charge in [0, 0.05) is 43.0 Å². The van der Waals surface area contributed by atoms with Gasteiger partial charge in [-0.2, -0.15) is 0 Å². The Kier molecular flexibility index (Phi) is 6.04. The summed E-state index contributed by atoms with van der Waals surface area (Å²) < 4.78 is 5.05. The quantitative estimate of drug-likeness (QED) is 0.419. The second kappa shape index (κ2) is 8.42. The van der Waals surface area contributed by atoms with Gasteiger partial charge in [0.25, 0.3) is 17.3 Å². The summed E-state index contributed by atoms with van der Waals surface area (Å²) >= 11 is 0. The van der Waals surface area contributed by atoms with Gasteiger partial charge < -0.3 is 15.4 Å². The zero-order valence-electron chi connectivity index (χ0n) is 13.8. The first-order valence-corrected chi connectivity index (χ1v) is 7.51. The van der Waals surface area contributed by atoms with Gasteiger partial charge >= 0.3 is 0 Å². The van der Waals surface area contributed by atoms with Crippen LogP contribution in [-0.4, -0.2) is 36.0 Å².